The summed E-state index contributed by atoms with van der Waals surface area (Å²) in [5.41, 5.74) is 6.16. The van der Waals surface area contributed by atoms with Gasteiger partial charge in [0.15, 0.2) is 0 Å². The molecule has 1 heterocycles. The van der Waals surface area contributed by atoms with Gasteiger partial charge in [-0.05, 0) is 32.9 Å². The monoisotopic (exact) mass is 308 g/mol. The first-order valence-corrected chi connectivity index (χ1v) is 7.68. The Morgan fingerprint density at radius 2 is 2.05 bits per heavy atom. The van der Waals surface area contributed by atoms with Crippen molar-refractivity contribution in [3.8, 4) is 0 Å². The highest BCUT2D eigenvalue weighted by molar-refractivity contribution is 8.00. The summed E-state index contributed by atoms with van der Waals surface area (Å²) in [6.45, 7) is 5.44. The van der Waals surface area contributed by atoms with Crippen LogP contribution in [0.1, 0.15) is 27.2 Å². The number of hydrogen-bond donors (Lipinski definition) is 2. The van der Waals surface area contributed by atoms with Crippen LogP contribution < -0.4 is 11.1 Å². The molecule has 1 aliphatic heterocycles. The molecule has 3 N–H and O–H groups in total. The molecule has 0 spiro atoms. The number of esters is 1. The predicted octanol–water partition coefficient (Wildman–Crippen LogP) is 2.16. The van der Waals surface area contributed by atoms with E-state index in [-0.39, 0.29) is 23.5 Å². The van der Waals surface area contributed by atoms with E-state index in [0.717, 1.165) is 10.6 Å². The van der Waals surface area contributed by atoms with Crippen molar-refractivity contribution in [2.24, 2.45) is 5.73 Å². The molecule has 2 atom stereocenters. The van der Waals surface area contributed by atoms with E-state index < -0.39 is 11.6 Å². The molecule has 0 fully saturated rings. The molecule has 0 saturated carbocycles. The van der Waals surface area contributed by atoms with Crippen molar-refractivity contribution in [3.05, 3.63) is 24.3 Å². The maximum Gasteiger partial charge on any atom is 0.307 e. The fourth-order valence-electron chi connectivity index (χ4n) is 2.01. The third-order valence-corrected chi connectivity index (χ3v) is 4.29. The minimum Gasteiger partial charge on any atom is -0.460 e. The average Bonchev–Trinajstić information content (AvgIpc) is 2.47. The summed E-state index contributed by atoms with van der Waals surface area (Å²) in [5.74, 6) is -0.622. The Balaban J connectivity index is 2.15. The van der Waals surface area contributed by atoms with Crippen LogP contribution in [0.2, 0.25) is 0 Å². The number of para-hydroxylation sites is 1. The van der Waals surface area contributed by atoms with Gasteiger partial charge >= 0.3 is 5.97 Å². The summed E-state index contributed by atoms with van der Waals surface area (Å²) >= 11 is 1.43. The largest absolute Gasteiger partial charge is 0.460 e. The van der Waals surface area contributed by atoms with Crippen LogP contribution in [0.15, 0.2) is 29.2 Å². The number of nitrogens with two attached hydrogens (primary N) is 1. The highest BCUT2D eigenvalue weighted by Crippen LogP contribution is 2.36. The first-order valence-electron chi connectivity index (χ1n) is 6.80. The summed E-state index contributed by atoms with van der Waals surface area (Å²) < 4.78 is 5.31. The third kappa shape index (κ3) is 4.22. The Morgan fingerprint density at radius 1 is 1.38 bits per heavy atom. The van der Waals surface area contributed by atoms with E-state index in [9.17, 15) is 9.59 Å². The smallest absolute Gasteiger partial charge is 0.307 e. The molecular formula is C15H20N2O3S. The number of fused-ring (bicyclic) bond motifs is 1. The molecule has 0 aliphatic carbocycles. The minimum atomic E-state index is -0.755. The number of amides is 1. The zero-order valence-corrected chi connectivity index (χ0v) is 13.2. The highest BCUT2D eigenvalue weighted by Gasteiger charge is 2.33. The van der Waals surface area contributed by atoms with Gasteiger partial charge < -0.3 is 15.8 Å². The standard InChI is InChI=1S/C15H20N2O3S/c1-15(2,3)20-12(18)8-11-13(16)14(19)17-9-6-4-5-7-10(9)21-11/h4-7,11,13H,8,16H2,1-3H3,(H,17,19). The molecule has 2 rings (SSSR count). The zero-order chi connectivity index (χ0) is 15.6. The topological polar surface area (TPSA) is 81.4 Å². The van der Waals surface area contributed by atoms with Crippen molar-refractivity contribution in [1.82, 2.24) is 0 Å². The number of anilines is 1. The van der Waals surface area contributed by atoms with Gasteiger partial charge in [-0.2, -0.15) is 0 Å². The average molecular weight is 308 g/mol. The second-order valence-electron chi connectivity index (χ2n) is 5.96. The third-order valence-electron chi connectivity index (χ3n) is 2.91. The molecular weight excluding hydrogens is 288 g/mol. The van der Waals surface area contributed by atoms with E-state index >= 15 is 0 Å². The number of nitrogens with one attached hydrogen (secondary N) is 1. The lowest BCUT2D eigenvalue weighted by Crippen LogP contribution is -2.44. The number of carbonyl (C=O) groups excluding carboxylic acids is 2. The van der Waals surface area contributed by atoms with Gasteiger partial charge in [-0.25, -0.2) is 0 Å². The van der Waals surface area contributed by atoms with Crippen molar-refractivity contribution < 1.29 is 14.3 Å². The van der Waals surface area contributed by atoms with Gasteiger partial charge in [-0.3, -0.25) is 9.59 Å². The molecule has 0 saturated heterocycles. The first kappa shape index (κ1) is 15.9. The van der Waals surface area contributed by atoms with Crippen LogP contribution in [-0.2, 0) is 14.3 Å². The minimum absolute atomic E-state index is 0.102. The summed E-state index contributed by atoms with van der Waals surface area (Å²) in [4.78, 5) is 24.9. The Hall–Kier alpha value is -1.53. The molecule has 6 heteroatoms. The zero-order valence-electron chi connectivity index (χ0n) is 12.4. The summed E-state index contributed by atoms with van der Waals surface area (Å²) in [7, 11) is 0. The lowest BCUT2D eigenvalue weighted by atomic mass is 10.1. The SMILES string of the molecule is CC(C)(C)OC(=O)CC1Sc2ccccc2NC(=O)C1N. The Kier molecular flexibility index (Phi) is 4.58. The van der Waals surface area contributed by atoms with Crippen molar-refractivity contribution in [3.63, 3.8) is 0 Å². The van der Waals surface area contributed by atoms with Crippen molar-refractivity contribution in [2.45, 2.75) is 49.0 Å². The molecule has 0 aromatic heterocycles. The van der Waals surface area contributed by atoms with Gasteiger partial charge in [0, 0.05) is 10.1 Å². The molecule has 1 aromatic rings. The second kappa shape index (κ2) is 6.07. The number of hydrogen-bond acceptors (Lipinski definition) is 5. The maximum absolute atomic E-state index is 12.1. The van der Waals surface area contributed by atoms with Gasteiger partial charge in [-0.15, -0.1) is 11.8 Å². The maximum atomic E-state index is 12.1. The van der Waals surface area contributed by atoms with Gasteiger partial charge in [0.05, 0.1) is 18.2 Å². The lowest BCUT2D eigenvalue weighted by molar-refractivity contribution is -0.154. The molecule has 5 nitrogen and oxygen atoms in total. The second-order valence-corrected chi connectivity index (χ2v) is 7.24. The van der Waals surface area contributed by atoms with Gasteiger partial charge in [0.2, 0.25) is 5.91 Å². The highest BCUT2D eigenvalue weighted by atomic mass is 32.2. The molecule has 2 unspecified atom stereocenters. The fourth-order valence-corrected chi connectivity index (χ4v) is 3.23. The molecule has 1 amide bonds. The number of ether oxygens (including phenoxy) is 1. The summed E-state index contributed by atoms with van der Waals surface area (Å²) in [6.07, 6.45) is 0.102. The van der Waals surface area contributed by atoms with E-state index in [1.165, 1.54) is 11.8 Å². The number of carbonyl (C=O) groups is 2. The normalized spacial score (nSPS) is 22.0. The summed E-state index contributed by atoms with van der Waals surface area (Å²) in [6, 6.07) is 6.71. The van der Waals surface area contributed by atoms with Crippen LogP contribution in [0.5, 0.6) is 0 Å². The quantitative estimate of drug-likeness (QED) is 0.818. The van der Waals surface area contributed by atoms with E-state index in [1.54, 1.807) is 0 Å². The fraction of sp³-hybridized carbons (Fsp3) is 0.467. The molecule has 0 bridgehead atoms. The van der Waals surface area contributed by atoms with Gasteiger partial charge in [0.25, 0.3) is 0 Å². The summed E-state index contributed by atoms with van der Waals surface area (Å²) in [5, 5.41) is 2.44. The Morgan fingerprint density at radius 3 is 2.71 bits per heavy atom. The first-order chi connectivity index (χ1) is 9.76. The van der Waals surface area contributed by atoms with E-state index in [4.69, 9.17) is 10.5 Å². The van der Waals surface area contributed by atoms with Crippen LogP contribution in [0, 0.1) is 0 Å². The number of benzene rings is 1. The number of rotatable bonds is 2. The van der Waals surface area contributed by atoms with Crippen molar-refractivity contribution in [2.75, 3.05) is 5.32 Å². The molecule has 1 aliphatic rings. The molecule has 1 aromatic carbocycles. The molecule has 21 heavy (non-hydrogen) atoms. The van der Waals surface area contributed by atoms with E-state index in [0.29, 0.717) is 0 Å². The Labute approximate surface area is 128 Å². The van der Waals surface area contributed by atoms with Crippen molar-refractivity contribution >= 4 is 29.3 Å². The van der Waals surface area contributed by atoms with Crippen LogP contribution in [0.3, 0.4) is 0 Å². The predicted molar refractivity (Wildman–Crippen MR) is 83.2 cm³/mol. The molecule has 114 valence electrons. The lowest BCUT2D eigenvalue weighted by Gasteiger charge is -2.23. The van der Waals surface area contributed by atoms with Crippen LogP contribution >= 0.6 is 11.8 Å². The van der Waals surface area contributed by atoms with Crippen LogP contribution in [-0.4, -0.2) is 28.8 Å². The van der Waals surface area contributed by atoms with Gasteiger partial charge in [0.1, 0.15) is 5.60 Å². The number of thioether (sulfide) groups is 1. The van der Waals surface area contributed by atoms with Crippen LogP contribution in [0.4, 0.5) is 5.69 Å². The van der Waals surface area contributed by atoms with E-state index in [1.807, 2.05) is 45.0 Å². The Bertz CT molecular complexity index is 554. The van der Waals surface area contributed by atoms with Gasteiger partial charge in [-0.1, -0.05) is 12.1 Å². The molecule has 0 radical (unpaired) electrons. The van der Waals surface area contributed by atoms with Crippen molar-refractivity contribution in [1.29, 1.82) is 0 Å². The van der Waals surface area contributed by atoms with E-state index in [2.05, 4.69) is 5.32 Å². The van der Waals surface area contributed by atoms with Crippen LogP contribution in [0.25, 0.3) is 0 Å².